The van der Waals surface area contributed by atoms with Gasteiger partial charge in [0, 0.05) is 0 Å². The molecule has 0 fully saturated rings. The van der Waals surface area contributed by atoms with Crippen LogP contribution < -0.4 is 10.9 Å². The van der Waals surface area contributed by atoms with Crippen LogP contribution in [-0.2, 0) is 20.8 Å². The van der Waals surface area contributed by atoms with Crippen molar-refractivity contribution in [1.29, 1.82) is 0 Å². The van der Waals surface area contributed by atoms with E-state index in [0.717, 1.165) is 27.2 Å². The summed E-state index contributed by atoms with van der Waals surface area (Å²) >= 11 is 2.09. The molecule has 10 nitrogen and oxygen atoms in total. The van der Waals surface area contributed by atoms with Crippen LogP contribution in [0.4, 0.5) is 5.13 Å². The van der Waals surface area contributed by atoms with Crippen LogP contribution in [0.2, 0.25) is 0 Å². The highest BCUT2D eigenvalue weighted by Crippen LogP contribution is 2.27. The molecule has 3 aromatic rings. The minimum absolute atomic E-state index is 0.200. The van der Waals surface area contributed by atoms with Crippen LogP contribution in [0.3, 0.4) is 0 Å². The quantitative estimate of drug-likeness (QED) is 0.475. The number of nitrogens with one attached hydrogen (secondary N) is 1. The Balaban J connectivity index is 1.76. The smallest absolute Gasteiger partial charge is 0.350 e. The summed E-state index contributed by atoms with van der Waals surface area (Å²) in [5.41, 5.74) is 0.484. The Morgan fingerprint density at radius 2 is 1.82 bits per heavy atom. The molecule has 176 valence electrons. The second kappa shape index (κ2) is 10.2. The van der Waals surface area contributed by atoms with Crippen LogP contribution in [-0.4, -0.2) is 45.6 Å². The van der Waals surface area contributed by atoms with Crippen molar-refractivity contribution in [3.8, 4) is 0 Å². The number of thiophene rings is 1. The van der Waals surface area contributed by atoms with E-state index in [-0.39, 0.29) is 36.2 Å². The van der Waals surface area contributed by atoms with Crippen molar-refractivity contribution in [3.63, 3.8) is 0 Å². The van der Waals surface area contributed by atoms with Gasteiger partial charge in [-0.15, -0.1) is 11.3 Å². The number of aromatic nitrogens is 3. The highest BCUT2D eigenvalue weighted by molar-refractivity contribution is 7.20. The molecule has 3 heterocycles. The summed E-state index contributed by atoms with van der Waals surface area (Å²) < 4.78 is 11.4. The average Bonchev–Trinajstić information content (AvgIpc) is 3.28. The zero-order valence-corrected chi connectivity index (χ0v) is 20.5. The fourth-order valence-electron chi connectivity index (χ4n) is 2.92. The van der Waals surface area contributed by atoms with E-state index in [1.807, 2.05) is 13.8 Å². The number of carbonyl (C=O) groups is 3. The molecule has 1 N–H and O–H groups in total. The van der Waals surface area contributed by atoms with Crippen molar-refractivity contribution in [2.75, 3.05) is 18.5 Å². The molecule has 0 aliphatic carbocycles. The summed E-state index contributed by atoms with van der Waals surface area (Å²) in [5.74, 6) is -1.31. The normalized spacial score (nSPS) is 11.1. The number of aryl methyl sites for hydroxylation is 2. The molecule has 0 aliphatic heterocycles. The van der Waals surface area contributed by atoms with E-state index >= 15 is 0 Å². The number of nitrogens with zero attached hydrogens (tertiary/aromatic N) is 3. The fourth-order valence-corrected chi connectivity index (χ4v) is 4.83. The lowest BCUT2D eigenvalue weighted by Crippen LogP contribution is -2.27. The van der Waals surface area contributed by atoms with Crippen LogP contribution >= 0.6 is 22.7 Å². The lowest BCUT2D eigenvalue weighted by atomic mass is 10.2. The van der Waals surface area contributed by atoms with Gasteiger partial charge in [0.1, 0.15) is 21.1 Å². The van der Waals surface area contributed by atoms with E-state index in [4.69, 9.17) is 9.47 Å². The molecule has 3 aromatic heterocycles. The molecular formula is C21H24N4O6S2. The van der Waals surface area contributed by atoms with Gasteiger partial charge in [-0.1, -0.05) is 25.2 Å². The fraction of sp³-hybridized carbons (Fsp3) is 0.429. The third-order valence-corrected chi connectivity index (χ3v) is 6.70. The van der Waals surface area contributed by atoms with Gasteiger partial charge >= 0.3 is 11.9 Å². The minimum Gasteiger partial charge on any atom is -0.462 e. The van der Waals surface area contributed by atoms with Crippen molar-refractivity contribution >= 4 is 55.9 Å². The van der Waals surface area contributed by atoms with Gasteiger partial charge in [-0.3, -0.25) is 14.2 Å². The number of carbonyl (C=O) groups excluding carboxylic acids is 3. The Hall–Kier alpha value is -3.12. The van der Waals surface area contributed by atoms with Crippen molar-refractivity contribution in [3.05, 3.63) is 37.7 Å². The Bertz CT molecular complexity index is 1270. The summed E-state index contributed by atoms with van der Waals surface area (Å²) in [7, 11) is 0. The van der Waals surface area contributed by atoms with Gasteiger partial charge < -0.3 is 14.8 Å². The molecule has 0 bridgehead atoms. The van der Waals surface area contributed by atoms with Gasteiger partial charge in [-0.05, 0) is 32.3 Å². The Labute approximate surface area is 197 Å². The second-order valence-corrected chi connectivity index (χ2v) is 9.61. The first-order valence-electron chi connectivity index (χ1n) is 10.2. The third-order valence-electron chi connectivity index (χ3n) is 4.47. The molecule has 0 saturated heterocycles. The number of rotatable bonds is 8. The van der Waals surface area contributed by atoms with E-state index in [2.05, 4.69) is 15.3 Å². The van der Waals surface area contributed by atoms with Crippen molar-refractivity contribution in [1.82, 2.24) is 14.5 Å². The second-order valence-electron chi connectivity index (χ2n) is 7.61. The summed E-state index contributed by atoms with van der Waals surface area (Å²) in [6.07, 6.45) is 1.26. The predicted octanol–water partition coefficient (Wildman–Crippen LogP) is 3.16. The number of ether oxygens (including phenoxy) is 2. The standard InChI is InChI=1S/C21H24N4O6S2/c1-6-30-19(28)15-11(4)14-17(32-15)22-9-25(18(14)27)7-13(26)24-21-23-12(5)16(33-21)20(29)31-8-10(2)3/h9-10H,6-8H2,1-5H3,(H,23,24,26). The molecule has 0 aliphatic rings. The van der Waals surface area contributed by atoms with Gasteiger partial charge in [-0.25, -0.2) is 19.6 Å². The van der Waals surface area contributed by atoms with Crippen molar-refractivity contribution in [2.45, 2.75) is 41.2 Å². The maximum atomic E-state index is 12.9. The molecule has 0 saturated carbocycles. The van der Waals surface area contributed by atoms with Crippen molar-refractivity contribution < 1.29 is 23.9 Å². The topological polar surface area (TPSA) is 129 Å². The summed E-state index contributed by atoms with van der Waals surface area (Å²) in [6.45, 7) is 9.07. The van der Waals surface area contributed by atoms with Crippen LogP contribution in [0.25, 0.3) is 10.2 Å². The SMILES string of the molecule is CCOC(=O)c1sc2ncn(CC(=O)Nc3nc(C)c(C(=O)OCC(C)C)s3)c(=O)c2c1C. The number of hydrogen-bond donors (Lipinski definition) is 1. The Kier molecular flexibility index (Phi) is 7.59. The van der Waals surface area contributed by atoms with Gasteiger partial charge in [0.2, 0.25) is 5.91 Å². The number of esters is 2. The molecule has 0 unspecified atom stereocenters. The molecule has 12 heteroatoms. The summed E-state index contributed by atoms with van der Waals surface area (Å²) in [4.78, 5) is 59.2. The number of hydrogen-bond acceptors (Lipinski definition) is 10. The Morgan fingerprint density at radius 1 is 1.12 bits per heavy atom. The van der Waals surface area contributed by atoms with E-state index in [1.165, 1.54) is 6.33 Å². The third kappa shape index (κ3) is 5.45. The predicted molar refractivity (Wildman–Crippen MR) is 125 cm³/mol. The molecule has 0 atom stereocenters. The first-order chi connectivity index (χ1) is 15.6. The minimum atomic E-state index is -0.511. The lowest BCUT2D eigenvalue weighted by Gasteiger charge is -2.06. The molecular weight excluding hydrogens is 468 g/mol. The molecule has 33 heavy (non-hydrogen) atoms. The van der Waals surface area contributed by atoms with E-state index in [0.29, 0.717) is 25.8 Å². The van der Waals surface area contributed by atoms with Crippen LogP contribution in [0, 0.1) is 19.8 Å². The number of amides is 1. The molecule has 1 amide bonds. The van der Waals surface area contributed by atoms with Gasteiger partial charge in [0.05, 0.1) is 30.6 Å². The molecule has 0 radical (unpaired) electrons. The van der Waals surface area contributed by atoms with Gasteiger partial charge in [0.15, 0.2) is 5.13 Å². The molecule has 0 aromatic carbocycles. The van der Waals surface area contributed by atoms with E-state index in [1.54, 1.807) is 20.8 Å². The molecule has 3 rings (SSSR count). The highest BCUT2D eigenvalue weighted by atomic mass is 32.1. The van der Waals surface area contributed by atoms with E-state index in [9.17, 15) is 19.2 Å². The van der Waals surface area contributed by atoms with Crippen molar-refractivity contribution in [2.24, 2.45) is 5.92 Å². The first kappa shape index (κ1) is 24.5. The number of anilines is 1. The number of fused-ring (bicyclic) bond motifs is 1. The average molecular weight is 493 g/mol. The monoisotopic (exact) mass is 492 g/mol. The van der Waals surface area contributed by atoms with E-state index < -0.39 is 23.4 Å². The maximum absolute atomic E-state index is 12.9. The summed E-state index contributed by atoms with van der Waals surface area (Å²) in [6, 6.07) is 0. The van der Waals surface area contributed by atoms with Crippen LogP contribution in [0.15, 0.2) is 11.1 Å². The Morgan fingerprint density at radius 3 is 2.48 bits per heavy atom. The van der Waals surface area contributed by atoms with Gasteiger partial charge in [-0.2, -0.15) is 0 Å². The van der Waals surface area contributed by atoms with Crippen LogP contribution in [0.5, 0.6) is 0 Å². The summed E-state index contributed by atoms with van der Waals surface area (Å²) in [5, 5.41) is 3.11. The maximum Gasteiger partial charge on any atom is 0.350 e. The van der Waals surface area contributed by atoms with Gasteiger partial charge in [0.25, 0.3) is 5.56 Å². The largest absolute Gasteiger partial charge is 0.462 e. The first-order valence-corrected chi connectivity index (χ1v) is 11.9. The van der Waals surface area contributed by atoms with Crippen LogP contribution in [0.1, 0.15) is 51.4 Å². The zero-order chi connectivity index (χ0) is 24.3. The lowest BCUT2D eigenvalue weighted by molar-refractivity contribution is -0.116. The number of thiazole rings is 1. The zero-order valence-electron chi connectivity index (χ0n) is 18.9. The molecule has 0 spiro atoms. The highest BCUT2D eigenvalue weighted by Gasteiger charge is 2.22.